The lowest BCUT2D eigenvalue weighted by Gasteiger charge is -2.34. The summed E-state index contributed by atoms with van der Waals surface area (Å²) in [5.74, 6) is 4.38. The number of rotatable bonds is 8. The minimum Gasteiger partial charge on any atom is -0.508 e. The number of aromatic hydroxyl groups is 1. The van der Waals surface area contributed by atoms with E-state index in [4.69, 9.17) is 25.9 Å². The molecular weight excluding hydrogens is 617 g/mol. The number of fused-ring (bicyclic) bond motifs is 5. The van der Waals surface area contributed by atoms with E-state index in [1.165, 1.54) is 0 Å². The molecule has 4 aliphatic heterocycles. The van der Waals surface area contributed by atoms with Crippen molar-refractivity contribution >= 4 is 27.5 Å². The van der Waals surface area contributed by atoms with Crippen LogP contribution in [0.2, 0.25) is 0 Å². The molecular formula is C40H44FN5O3. The highest BCUT2D eigenvalue weighted by Crippen LogP contribution is 2.48. The van der Waals surface area contributed by atoms with Gasteiger partial charge in [0.1, 0.15) is 17.1 Å². The van der Waals surface area contributed by atoms with Crippen LogP contribution in [-0.4, -0.2) is 84.6 Å². The van der Waals surface area contributed by atoms with Crippen LogP contribution in [0.3, 0.4) is 0 Å². The van der Waals surface area contributed by atoms with Crippen molar-refractivity contribution in [3.05, 3.63) is 53.3 Å². The molecule has 4 saturated heterocycles. The van der Waals surface area contributed by atoms with Gasteiger partial charge < -0.3 is 29.7 Å². The minimum absolute atomic E-state index is 0.0290. The standard InChI is InChI=1S/C40H44FN5O3/c1-4-24-6-5-7-25-12-30(47)13-32(34(24)25)35-31(23(2)3)14-33-37(36(35)41)43-39(44-38(33)46-17-28-8-9-29(18-46)42-28)49-22-40(10-11-40)21-45-15-26-19-48-20-27(26)16-45/h1,5-7,12-14,23,26-29,42,47H,8-11,15-22H2,2-3H3. The fraction of sp³-hybridized carbons (Fsp3) is 0.500. The average Bonchev–Trinajstić information content (AvgIpc) is 3.33. The second-order valence-electron chi connectivity index (χ2n) is 15.7. The number of phenols is 1. The number of nitrogens with one attached hydrogen (secondary N) is 1. The van der Waals surface area contributed by atoms with E-state index >= 15 is 4.39 Å². The molecule has 254 valence electrons. The molecule has 3 aromatic carbocycles. The molecule has 5 aliphatic rings. The maximum Gasteiger partial charge on any atom is 0.319 e. The van der Waals surface area contributed by atoms with Crippen LogP contribution in [0.25, 0.3) is 32.8 Å². The van der Waals surface area contributed by atoms with Crippen molar-refractivity contribution in [1.82, 2.24) is 20.2 Å². The molecule has 9 heteroatoms. The number of ether oxygens (including phenoxy) is 2. The van der Waals surface area contributed by atoms with Gasteiger partial charge in [-0.3, -0.25) is 0 Å². The fourth-order valence-corrected chi connectivity index (χ4v) is 9.08. The highest BCUT2D eigenvalue weighted by atomic mass is 19.1. The van der Waals surface area contributed by atoms with Gasteiger partial charge in [0.25, 0.3) is 0 Å². The summed E-state index contributed by atoms with van der Waals surface area (Å²) >= 11 is 0. The third kappa shape index (κ3) is 5.49. The van der Waals surface area contributed by atoms with Gasteiger partial charge in [-0.1, -0.05) is 31.9 Å². The van der Waals surface area contributed by atoms with Gasteiger partial charge in [-0.15, -0.1) is 6.42 Å². The highest BCUT2D eigenvalue weighted by Gasteiger charge is 2.48. The summed E-state index contributed by atoms with van der Waals surface area (Å²) < 4.78 is 29.7. The van der Waals surface area contributed by atoms with Crippen LogP contribution in [0.15, 0.2) is 36.4 Å². The second kappa shape index (κ2) is 11.8. The summed E-state index contributed by atoms with van der Waals surface area (Å²) in [4.78, 5) is 14.8. The largest absolute Gasteiger partial charge is 0.508 e. The Labute approximate surface area is 287 Å². The Balaban J connectivity index is 1.15. The first kappa shape index (κ1) is 31.0. The SMILES string of the molecule is C#Cc1cccc2cc(O)cc(-c3c(C(C)C)cc4c(N5CC6CCC(C5)N6)nc(OCC5(CN6CC7COCC7C6)CC5)nc4c3F)c12. The van der Waals surface area contributed by atoms with E-state index in [9.17, 15) is 5.11 Å². The van der Waals surface area contributed by atoms with Gasteiger partial charge in [-0.25, -0.2) is 4.39 Å². The molecule has 0 radical (unpaired) electrons. The van der Waals surface area contributed by atoms with Crippen molar-refractivity contribution in [2.45, 2.75) is 57.5 Å². The van der Waals surface area contributed by atoms with E-state index in [1.807, 2.05) is 18.2 Å². The lowest BCUT2D eigenvalue weighted by molar-refractivity contribution is 0.131. The average molecular weight is 662 g/mol. The molecule has 2 bridgehead atoms. The van der Waals surface area contributed by atoms with Crippen molar-refractivity contribution in [3.63, 3.8) is 0 Å². The van der Waals surface area contributed by atoms with Crippen LogP contribution < -0.4 is 15.0 Å². The molecule has 9 rings (SSSR count). The Bertz CT molecular complexity index is 1980. The topological polar surface area (TPSA) is 83.0 Å². The molecule has 0 amide bonds. The van der Waals surface area contributed by atoms with Gasteiger partial charge >= 0.3 is 6.01 Å². The first-order valence-electron chi connectivity index (χ1n) is 18.0. The second-order valence-corrected chi connectivity index (χ2v) is 15.7. The number of halogens is 1. The van der Waals surface area contributed by atoms with E-state index in [1.54, 1.807) is 12.1 Å². The zero-order valence-electron chi connectivity index (χ0n) is 28.3. The van der Waals surface area contributed by atoms with Crippen molar-refractivity contribution in [2.24, 2.45) is 17.3 Å². The minimum atomic E-state index is -0.446. The van der Waals surface area contributed by atoms with Gasteiger partial charge in [-0.2, -0.15) is 9.97 Å². The van der Waals surface area contributed by atoms with Crippen LogP contribution in [-0.2, 0) is 4.74 Å². The van der Waals surface area contributed by atoms with Crippen molar-refractivity contribution in [2.75, 3.05) is 57.4 Å². The third-order valence-electron chi connectivity index (χ3n) is 11.8. The number of hydrogen-bond acceptors (Lipinski definition) is 8. The quantitative estimate of drug-likeness (QED) is 0.220. The molecule has 1 saturated carbocycles. The van der Waals surface area contributed by atoms with Crippen LogP contribution in [0.1, 0.15) is 56.6 Å². The number of terminal acetylenes is 1. The number of aromatic nitrogens is 2. The smallest absolute Gasteiger partial charge is 0.319 e. The third-order valence-corrected chi connectivity index (χ3v) is 11.8. The summed E-state index contributed by atoms with van der Waals surface area (Å²) in [5, 5.41) is 16.7. The van der Waals surface area contributed by atoms with Gasteiger partial charge in [0, 0.05) is 84.0 Å². The molecule has 1 aliphatic carbocycles. The summed E-state index contributed by atoms with van der Waals surface area (Å²) in [6.07, 6.45) is 10.4. The molecule has 4 aromatic rings. The molecule has 2 N–H and O–H groups in total. The van der Waals surface area contributed by atoms with E-state index in [0.717, 1.165) is 93.8 Å². The summed E-state index contributed by atoms with van der Waals surface area (Å²) in [6.45, 7) is 11.2. The van der Waals surface area contributed by atoms with Crippen molar-refractivity contribution in [1.29, 1.82) is 0 Å². The number of phenolic OH excluding ortho intramolecular Hbond substituents is 1. The monoisotopic (exact) mass is 661 g/mol. The number of piperazine rings is 1. The molecule has 0 spiro atoms. The zero-order valence-corrected chi connectivity index (χ0v) is 28.3. The van der Waals surface area contributed by atoms with Crippen LogP contribution in [0.4, 0.5) is 10.2 Å². The molecule has 4 atom stereocenters. The molecule has 8 nitrogen and oxygen atoms in total. The normalized spacial score (nSPS) is 25.7. The number of anilines is 1. The fourth-order valence-electron chi connectivity index (χ4n) is 9.08. The van der Waals surface area contributed by atoms with Crippen molar-refractivity contribution in [3.8, 4) is 35.2 Å². The Morgan fingerprint density at radius 2 is 1.84 bits per heavy atom. The Morgan fingerprint density at radius 3 is 2.53 bits per heavy atom. The summed E-state index contributed by atoms with van der Waals surface area (Å²) in [6, 6.07) is 12.0. The lowest BCUT2D eigenvalue weighted by Crippen LogP contribution is -2.51. The van der Waals surface area contributed by atoms with Gasteiger partial charge in [-0.05, 0) is 72.4 Å². The first-order chi connectivity index (χ1) is 23.8. The van der Waals surface area contributed by atoms with Gasteiger partial charge in [0.05, 0.1) is 19.8 Å². The number of hydrogen-bond donors (Lipinski definition) is 2. The van der Waals surface area contributed by atoms with E-state index in [-0.39, 0.29) is 28.6 Å². The number of nitrogens with zero attached hydrogens (tertiary/aromatic N) is 4. The Hall–Kier alpha value is -3.97. The molecule has 1 aromatic heterocycles. The highest BCUT2D eigenvalue weighted by molar-refractivity contribution is 6.05. The predicted octanol–water partition coefficient (Wildman–Crippen LogP) is 6.08. The van der Waals surface area contributed by atoms with Gasteiger partial charge in [0.15, 0.2) is 5.82 Å². The van der Waals surface area contributed by atoms with Crippen LogP contribution in [0, 0.1) is 35.4 Å². The summed E-state index contributed by atoms with van der Waals surface area (Å²) in [5.41, 5.74) is 2.74. The van der Waals surface area contributed by atoms with Crippen LogP contribution in [0.5, 0.6) is 11.8 Å². The zero-order chi connectivity index (χ0) is 33.4. The maximum absolute atomic E-state index is 17.5. The molecule has 49 heavy (non-hydrogen) atoms. The molecule has 4 unspecified atom stereocenters. The summed E-state index contributed by atoms with van der Waals surface area (Å²) in [7, 11) is 0. The first-order valence-corrected chi connectivity index (χ1v) is 18.0. The number of likely N-dealkylation sites (tertiary alicyclic amines) is 1. The van der Waals surface area contributed by atoms with Crippen LogP contribution >= 0.6 is 0 Å². The Morgan fingerprint density at radius 1 is 1.08 bits per heavy atom. The Kier molecular flexibility index (Phi) is 7.49. The predicted molar refractivity (Wildman–Crippen MR) is 190 cm³/mol. The lowest BCUT2D eigenvalue weighted by atomic mass is 9.86. The van der Waals surface area contributed by atoms with Crippen molar-refractivity contribution < 1.29 is 19.0 Å². The van der Waals surface area contributed by atoms with Gasteiger partial charge in [0.2, 0.25) is 0 Å². The molecule has 5 fully saturated rings. The maximum atomic E-state index is 17.5. The molecule has 5 heterocycles. The van der Waals surface area contributed by atoms with E-state index < -0.39 is 5.82 Å². The van der Waals surface area contributed by atoms with E-state index in [0.29, 0.717) is 52.6 Å². The number of benzene rings is 3. The van der Waals surface area contributed by atoms with E-state index in [2.05, 4.69) is 41.0 Å².